The highest BCUT2D eigenvalue weighted by Crippen LogP contribution is 2.27. The number of aryl methyl sites for hydroxylation is 1. The highest BCUT2D eigenvalue weighted by molar-refractivity contribution is 7.15. The first kappa shape index (κ1) is 17.7. The van der Waals surface area contributed by atoms with Gasteiger partial charge in [-0.05, 0) is 19.3 Å². The molecule has 1 aliphatic heterocycles. The van der Waals surface area contributed by atoms with Crippen LogP contribution >= 0.6 is 11.3 Å². The van der Waals surface area contributed by atoms with E-state index in [2.05, 4.69) is 14.8 Å². The Bertz CT molecular complexity index is 545. The molecule has 2 heterocycles. The van der Waals surface area contributed by atoms with Crippen molar-refractivity contribution in [1.82, 2.24) is 14.8 Å². The summed E-state index contributed by atoms with van der Waals surface area (Å²) < 4.78 is 0. The lowest BCUT2D eigenvalue weighted by molar-refractivity contribution is -0.133. The average molecular weight is 351 g/mol. The molecule has 5 nitrogen and oxygen atoms in total. The molecular weight excluding hydrogens is 320 g/mol. The second kappa shape index (κ2) is 8.30. The summed E-state index contributed by atoms with van der Waals surface area (Å²) >= 11 is 1.58. The quantitative estimate of drug-likeness (QED) is 0.886. The molecule has 0 bridgehead atoms. The Balaban J connectivity index is 1.39. The summed E-state index contributed by atoms with van der Waals surface area (Å²) in [6.07, 6.45) is 8.61. The number of hydrogen-bond donors (Lipinski definition) is 1. The number of carbonyl (C=O) groups is 1. The lowest BCUT2D eigenvalue weighted by Gasteiger charge is -2.35. The zero-order valence-electron chi connectivity index (χ0n) is 14.8. The fourth-order valence-corrected chi connectivity index (χ4v) is 4.79. The number of nitrogens with two attached hydrogens (primary N) is 1. The van der Waals surface area contributed by atoms with Gasteiger partial charge in [0.05, 0.1) is 5.69 Å². The largest absolute Gasteiger partial charge is 0.375 e. The van der Waals surface area contributed by atoms with Crippen molar-refractivity contribution in [3.8, 4) is 0 Å². The van der Waals surface area contributed by atoms with Gasteiger partial charge in [-0.25, -0.2) is 4.98 Å². The fourth-order valence-electron chi connectivity index (χ4n) is 3.92. The molecule has 0 radical (unpaired) electrons. The topological polar surface area (TPSA) is 62.5 Å². The van der Waals surface area contributed by atoms with E-state index in [1.165, 1.54) is 37.0 Å². The molecule has 0 aromatic carbocycles. The maximum Gasteiger partial charge on any atom is 0.222 e. The van der Waals surface area contributed by atoms with Gasteiger partial charge in [0.25, 0.3) is 0 Å². The van der Waals surface area contributed by atoms with Crippen LogP contribution in [0, 0.1) is 12.8 Å². The second-order valence-electron chi connectivity index (χ2n) is 7.26. The van der Waals surface area contributed by atoms with Crippen molar-refractivity contribution in [2.75, 3.05) is 31.9 Å². The standard InChI is InChI=1S/C18H30N4OS/c1-14-16(24-18(19)20-14)13-21-9-11-22(12-10-21)17(23)8-7-15-5-3-2-4-6-15/h15H,2-13H2,1H3,(H2,19,20). The van der Waals surface area contributed by atoms with Gasteiger partial charge in [0.1, 0.15) is 0 Å². The zero-order chi connectivity index (χ0) is 16.9. The molecule has 6 heteroatoms. The summed E-state index contributed by atoms with van der Waals surface area (Å²) in [5, 5.41) is 0.652. The Labute approximate surface area is 149 Å². The van der Waals surface area contributed by atoms with Gasteiger partial charge < -0.3 is 10.6 Å². The van der Waals surface area contributed by atoms with Gasteiger partial charge >= 0.3 is 0 Å². The minimum atomic E-state index is 0.360. The molecule has 134 valence electrons. The molecule has 1 aliphatic carbocycles. The summed E-state index contributed by atoms with van der Waals surface area (Å²) in [4.78, 5) is 22.5. The van der Waals surface area contributed by atoms with Gasteiger partial charge in [0.2, 0.25) is 5.91 Å². The van der Waals surface area contributed by atoms with E-state index >= 15 is 0 Å². The van der Waals surface area contributed by atoms with E-state index in [4.69, 9.17) is 5.73 Å². The van der Waals surface area contributed by atoms with E-state index in [9.17, 15) is 4.79 Å². The number of thiazole rings is 1. The molecule has 2 fully saturated rings. The Morgan fingerprint density at radius 3 is 2.54 bits per heavy atom. The molecule has 1 saturated carbocycles. The van der Waals surface area contributed by atoms with Crippen LogP contribution in [0.3, 0.4) is 0 Å². The van der Waals surface area contributed by atoms with Crippen molar-refractivity contribution in [2.24, 2.45) is 5.92 Å². The van der Waals surface area contributed by atoms with Crippen LogP contribution in [0.5, 0.6) is 0 Å². The number of piperazine rings is 1. The molecule has 1 amide bonds. The average Bonchev–Trinajstić information content (AvgIpc) is 2.91. The monoisotopic (exact) mass is 350 g/mol. The predicted molar refractivity (Wildman–Crippen MR) is 98.9 cm³/mol. The molecular formula is C18H30N4OS. The first-order valence-corrected chi connectivity index (χ1v) is 10.2. The summed E-state index contributed by atoms with van der Waals surface area (Å²) in [5.41, 5.74) is 6.82. The molecule has 2 N–H and O–H groups in total. The van der Waals surface area contributed by atoms with E-state index in [0.29, 0.717) is 11.0 Å². The summed E-state index contributed by atoms with van der Waals surface area (Å²) in [6.45, 7) is 6.55. The SMILES string of the molecule is Cc1nc(N)sc1CN1CCN(C(=O)CCC2CCCCC2)CC1. The lowest BCUT2D eigenvalue weighted by Crippen LogP contribution is -2.48. The molecule has 1 aromatic heterocycles. The summed E-state index contributed by atoms with van der Waals surface area (Å²) in [6, 6.07) is 0. The maximum atomic E-state index is 12.4. The highest BCUT2D eigenvalue weighted by Gasteiger charge is 2.23. The molecule has 1 aromatic rings. The molecule has 2 aliphatic rings. The third-order valence-electron chi connectivity index (χ3n) is 5.49. The van der Waals surface area contributed by atoms with Crippen molar-refractivity contribution in [3.63, 3.8) is 0 Å². The van der Waals surface area contributed by atoms with Crippen LogP contribution in [0.15, 0.2) is 0 Å². The van der Waals surface area contributed by atoms with E-state index < -0.39 is 0 Å². The van der Waals surface area contributed by atoms with Crippen LogP contribution < -0.4 is 5.73 Å². The molecule has 3 rings (SSSR count). The lowest BCUT2D eigenvalue weighted by atomic mass is 9.86. The van der Waals surface area contributed by atoms with Gasteiger partial charge in [0, 0.05) is 44.0 Å². The van der Waals surface area contributed by atoms with Gasteiger partial charge in [-0.2, -0.15) is 0 Å². The third-order valence-corrected chi connectivity index (χ3v) is 6.46. The normalized spacial score (nSPS) is 20.5. The Kier molecular flexibility index (Phi) is 6.11. The summed E-state index contributed by atoms with van der Waals surface area (Å²) in [7, 11) is 0. The number of nitrogens with zero attached hydrogens (tertiary/aromatic N) is 3. The number of anilines is 1. The summed E-state index contributed by atoms with van der Waals surface area (Å²) in [5.74, 6) is 1.15. The van der Waals surface area contributed by atoms with Crippen LogP contribution in [-0.4, -0.2) is 46.9 Å². The van der Waals surface area contributed by atoms with E-state index in [0.717, 1.165) is 57.2 Å². The molecule has 1 saturated heterocycles. The minimum absolute atomic E-state index is 0.360. The number of aromatic nitrogens is 1. The fraction of sp³-hybridized carbons (Fsp3) is 0.778. The van der Waals surface area contributed by atoms with Crippen molar-refractivity contribution in [3.05, 3.63) is 10.6 Å². The number of rotatable bonds is 5. The Morgan fingerprint density at radius 2 is 1.92 bits per heavy atom. The maximum absolute atomic E-state index is 12.4. The minimum Gasteiger partial charge on any atom is -0.375 e. The first-order chi connectivity index (χ1) is 11.6. The van der Waals surface area contributed by atoms with Crippen molar-refractivity contribution >= 4 is 22.4 Å². The van der Waals surface area contributed by atoms with Crippen molar-refractivity contribution < 1.29 is 4.79 Å². The van der Waals surface area contributed by atoms with E-state index in [1.807, 2.05) is 6.92 Å². The Hall–Kier alpha value is -1.14. The van der Waals surface area contributed by atoms with E-state index in [-0.39, 0.29) is 0 Å². The predicted octanol–water partition coefficient (Wildman–Crippen LogP) is 3.04. The van der Waals surface area contributed by atoms with Gasteiger partial charge in [0.15, 0.2) is 5.13 Å². The number of nitrogen functional groups attached to an aromatic ring is 1. The van der Waals surface area contributed by atoms with Crippen LogP contribution in [-0.2, 0) is 11.3 Å². The molecule has 0 spiro atoms. The first-order valence-electron chi connectivity index (χ1n) is 9.33. The molecule has 0 unspecified atom stereocenters. The molecule has 0 atom stereocenters. The van der Waals surface area contributed by atoms with Gasteiger partial charge in [-0.15, -0.1) is 11.3 Å². The number of hydrogen-bond acceptors (Lipinski definition) is 5. The van der Waals surface area contributed by atoms with Crippen molar-refractivity contribution in [1.29, 1.82) is 0 Å². The highest BCUT2D eigenvalue weighted by atomic mass is 32.1. The van der Waals surface area contributed by atoms with Crippen molar-refractivity contribution in [2.45, 2.75) is 58.4 Å². The molecule has 24 heavy (non-hydrogen) atoms. The van der Waals surface area contributed by atoms with Crippen LogP contribution in [0.1, 0.15) is 55.5 Å². The zero-order valence-corrected chi connectivity index (χ0v) is 15.6. The van der Waals surface area contributed by atoms with Gasteiger partial charge in [-0.1, -0.05) is 32.1 Å². The van der Waals surface area contributed by atoms with Crippen LogP contribution in [0.4, 0.5) is 5.13 Å². The smallest absolute Gasteiger partial charge is 0.222 e. The number of amides is 1. The Morgan fingerprint density at radius 1 is 1.21 bits per heavy atom. The third kappa shape index (κ3) is 4.70. The van der Waals surface area contributed by atoms with Crippen LogP contribution in [0.2, 0.25) is 0 Å². The van der Waals surface area contributed by atoms with Crippen LogP contribution in [0.25, 0.3) is 0 Å². The second-order valence-corrected chi connectivity index (χ2v) is 8.38. The number of carbonyl (C=O) groups excluding carboxylic acids is 1. The van der Waals surface area contributed by atoms with E-state index in [1.54, 1.807) is 11.3 Å². The van der Waals surface area contributed by atoms with Gasteiger partial charge in [-0.3, -0.25) is 9.69 Å².